The lowest BCUT2D eigenvalue weighted by atomic mass is 10.1. The molecule has 0 saturated heterocycles. The van der Waals surface area contributed by atoms with Gasteiger partial charge in [0.25, 0.3) is 5.69 Å². The maximum atomic E-state index is 10.7. The maximum absolute atomic E-state index is 10.7. The molecule has 0 aliphatic carbocycles. The Morgan fingerprint density at radius 1 is 1.13 bits per heavy atom. The van der Waals surface area contributed by atoms with Crippen molar-refractivity contribution in [1.82, 2.24) is 15.2 Å². The minimum absolute atomic E-state index is 0.0161. The summed E-state index contributed by atoms with van der Waals surface area (Å²) >= 11 is 5.86. The van der Waals surface area contributed by atoms with E-state index in [4.69, 9.17) is 17.3 Å². The highest BCUT2D eigenvalue weighted by Gasteiger charge is 2.15. The van der Waals surface area contributed by atoms with Gasteiger partial charge in [-0.1, -0.05) is 23.7 Å². The van der Waals surface area contributed by atoms with Gasteiger partial charge in [-0.3, -0.25) is 15.2 Å². The lowest BCUT2D eigenvalue weighted by molar-refractivity contribution is -0.384. The summed E-state index contributed by atoms with van der Waals surface area (Å²) in [5.74, 6) is 0.931. The van der Waals surface area contributed by atoms with Crippen molar-refractivity contribution in [2.24, 2.45) is 5.73 Å². The molecule has 3 N–H and O–H groups in total. The molecule has 0 bridgehead atoms. The van der Waals surface area contributed by atoms with Crippen molar-refractivity contribution in [3.63, 3.8) is 0 Å². The monoisotopic (exact) mass is 329 g/mol. The summed E-state index contributed by atoms with van der Waals surface area (Å²) in [5.41, 5.74) is 7.69. The Morgan fingerprint density at radius 3 is 2.39 bits per heavy atom. The Labute approximate surface area is 136 Å². The zero-order chi connectivity index (χ0) is 16.4. The molecular weight excluding hydrogens is 318 g/mol. The average Bonchev–Trinajstić information content (AvgIpc) is 3.05. The number of nitrogens with zero attached hydrogens (tertiary/aromatic N) is 3. The van der Waals surface area contributed by atoms with Crippen LogP contribution < -0.4 is 5.73 Å². The molecule has 8 heteroatoms. The van der Waals surface area contributed by atoms with Crippen LogP contribution in [0.3, 0.4) is 0 Å². The molecule has 2 aromatic carbocycles. The number of nitro benzene ring substituents is 1. The quantitative estimate of drug-likeness (QED) is 0.564. The first-order valence-electron chi connectivity index (χ1n) is 6.73. The first kappa shape index (κ1) is 15.1. The van der Waals surface area contributed by atoms with E-state index in [0.717, 1.165) is 5.56 Å². The Kier molecular flexibility index (Phi) is 4.05. The second-order valence-corrected chi connectivity index (χ2v) is 5.31. The summed E-state index contributed by atoms with van der Waals surface area (Å²) < 4.78 is 0. The van der Waals surface area contributed by atoms with Crippen LogP contribution in [0.25, 0.3) is 11.4 Å². The Hall–Kier alpha value is -2.77. The minimum atomic E-state index is -0.466. The van der Waals surface area contributed by atoms with Crippen LogP contribution in [0, 0.1) is 10.1 Å². The third-order valence-corrected chi connectivity index (χ3v) is 3.61. The summed E-state index contributed by atoms with van der Waals surface area (Å²) in [6, 6.07) is 12.7. The number of aromatic amines is 1. The molecule has 0 aliphatic heterocycles. The van der Waals surface area contributed by atoms with Gasteiger partial charge in [-0.05, 0) is 29.8 Å². The van der Waals surface area contributed by atoms with Gasteiger partial charge in [0.15, 0.2) is 5.82 Å². The van der Waals surface area contributed by atoms with E-state index in [-0.39, 0.29) is 5.69 Å². The molecule has 3 aromatic rings. The van der Waals surface area contributed by atoms with Crippen molar-refractivity contribution in [3.8, 4) is 11.4 Å². The summed E-state index contributed by atoms with van der Waals surface area (Å²) in [5, 5.41) is 18.2. The number of hydrogen-bond donors (Lipinski definition) is 2. The van der Waals surface area contributed by atoms with E-state index >= 15 is 0 Å². The van der Waals surface area contributed by atoms with E-state index in [9.17, 15) is 10.1 Å². The Bertz CT molecular complexity index is 830. The number of nitrogens with one attached hydrogen (secondary N) is 1. The van der Waals surface area contributed by atoms with Crippen LogP contribution in [-0.4, -0.2) is 20.1 Å². The first-order valence-corrected chi connectivity index (χ1v) is 7.10. The molecule has 3 rings (SSSR count). The van der Waals surface area contributed by atoms with Crippen molar-refractivity contribution in [2.75, 3.05) is 0 Å². The highest BCUT2D eigenvalue weighted by Crippen LogP contribution is 2.23. The van der Waals surface area contributed by atoms with Gasteiger partial charge in [-0.2, -0.15) is 5.10 Å². The third kappa shape index (κ3) is 3.20. The fraction of sp³-hybridized carbons (Fsp3) is 0.0667. The fourth-order valence-electron chi connectivity index (χ4n) is 2.10. The largest absolute Gasteiger partial charge is 0.318 e. The van der Waals surface area contributed by atoms with Gasteiger partial charge >= 0.3 is 0 Å². The SMILES string of the molecule is N[C@H](c1ccc(Cl)cc1)c1nc(-c2ccc([N+](=O)[O-])cc2)n[nH]1. The zero-order valence-corrected chi connectivity index (χ0v) is 12.6. The van der Waals surface area contributed by atoms with Gasteiger partial charge in [0.1, 0.15) is 5.82 Å². The van der Waals surface area contributed by atoms with Gasteiger partial charge in [0.05, 0.1) is 11.0 Å². The number of nitrogens with two attached hydrogens (primary N) is 1. The minimum Gasteiger partial charge on any atom is -0.318 e. The van der Waals surface area contributed by atoms with E-state index in [1.165, 1.54) is 12.1 Å². The summed E-state index contributed by atoms with van der Waals surface area (Å²) in [6.45, 7) is 0. The van der Waals surface area contributed by atoms with Crippen molar-refractivity contribution >= 4 is 17.3 Å². The maximum Gasteiger partial charge on any atom is 0.269 e. The molecule has 0 amide bonds. The van der Waals surface area contributed by atoms with Gasteiger partial charge < -0.3 is 5.73 Å². The average molecular weight is 330 g/mol. The second-order valence-electron chi connectivity index (χ2n) is 4.88. The van der Waals surface area contributed by atoms with Crippen molar-refractivity contribution in [3.05, 3.63) is 75.1 Å². The van der Waals surface area contributed by atoms with E-state index < -0.39 is 11.0 Å². The molecule has 1 atom stereocenters. The van der Waals surface area contributed by atoms with Crippen molar-refractivity contribution < 1.29 is 4.92 Å². The number of hydrogen-bond acceptors (Lipinski definition) is 5. The molecule has 0 radical (unpaired) electrons. The lowest BCUT2D eigenvalue weighted by Crippen LogP contribution is -2.13. The number of H-pyrrole nitrogens is 1. The van der Waals surface area contributed by atoms with E-state index in [2.05, 4.69) is 15.2 Å². The van der Waals surface area contributed by atoms with Crippen LogP contribution in [0.5, 0.6) is 0 Å². The number of nitro groups is 1. The molecule has 23 heavy (non-hydrogen) atoms. The zero-order valence-electron chi connectivity index (χ0n) is 11.8. The molecule has 0 aliphatic rings. The topological polar surface area (TPSA) is 111 Å². The van der Waals surface area contributed by atoms with E-state index in [1.54, 1.807) is 24.3 Å². The van der Waals surface area contributed by atoms with Crippen LogP contribution in [0.1, 0.15) is 17.4 Å². The van der Waals surface area contributed by atoms with Crippen LogP contribution >= 0.6 is 11.6 Å². The van der Waals surface area contributed by atoms with E-state index in [1.807, 2.05) is 12.1 Å². The number of non-ortho nitro benzene ring substituents is 1. The predicted octanol–water partition coefficient (Wildman–Crippen LogP) is 3.08. The normalized spacial score (nSPS) is 12.1. The number of aromatic nitrogens is 3. The first-order chi connectivity index (χ1) is 11.0. The highest BCUT2D eigenvalue weighted by molar-refractivity contribution is 6.30. The summed E-state index contributed by atoms with van der Waals surface area (Å²) in [4.78, 5) is 14.6. The predicted molar refractivity (Wildman–Crippen MR) is 86.0 cm³/mol. The number of halogens is 1. The highest BCUT2D eigenvalue weighted by atomic mass is 35.5. The molecule has 0 saturated carbocycles. The lowest BCUT2D eigenvalue weighted by Gasteiger charge is -2.08. The van der Waals surface area contributed by atoms with Gasteiger partial charge in [-0.25, -0.2) is 4.98 Å². The van der Waals surface area contributed by atoms with Gasteiger partial charge in [0.2, 0.25) is 0 Å². The summed E-state index contributed by atoms with van der Waals surface area (Å²) in [6.07, 6.45) is 0. The number of rotatable bonds is 4. The fourth-order valence-corrected chi connectivity index (χ4v) is 2.23. The second kappa shape index (κ2) is 6.15. The molecular formula is C15H12ClN5O2. The molecule has 116 valence electrons. The van der Waals surface area contributed by atoms with Crippen LogP contribution in [0.15, 0.2) is 48.5 Å². The van der Waals surface area contributed by atoms with Crippen LogP contribution in [-0.2, 0) is 0 Å². The van der Waals surface area contributed by atoms with Crippen LogP contribution in [0.2, 0.25) is 5.02 Å². The molecule has 1 aromatic heterocycles. The summed E-state index contributed by atoms with van der Waals surface area (Å²) in [7, 11) is 0. The Balaban J connectivity index is 1.84. The number of benzene rings is 2. The Morgan fingerprint density at radius 2 is 1.78 bits per heavy atom. The van der Waals surface area contributed by atoms with Crippen molar-refractivity contribution in [2.45, 2.75) is 6.04 Å². The smallest absolute Gasteiger partial charge is 0.269 e. The van der Waals surface area contributed by atoms with E-state index in [0.29, 0.717) is 22.2 Å². The van der Waals surface area contributed by atoms with Crippen molar-refractivity contribution in [1.29, 1.82) is 0 Å². The standard InChI is InChI=1S/C15H12ClN5O2/c16-11-5-1-9(2-6-11)13(17)15-18-14(19-20-15)10-3-7-12(8-4-10)21(22)23/h1-8,13H,17H2,(H,18,19,20)/t13-/m1/s1. The third-order valence-electron chi connectivity index (χ3n) is 3.36. The molecule has 1 heterocycles. The molecule has 0 spiro atoms. The van der Waals surface area contributed by atoms with Crippen LogP contribution in [0.4, 0.5) is 5.69 Å². The molecule has 0 unspecified atom stereocenters. The molecule has 7 nitrogen and oxygen atoms in total. The molecule has 0 fully saturated rings. The van der Waals surface area contributed by atoms with Gasteiger partial charge in [0, 0.05) is 22.7 Å². The van der Waals surface area contributed by atoms with Gasteiger partial charge in [-0.15, -0.1) is 0 Å².